The molecule has 3 atom stereocenters. The Morgan fingerprint density at radius 1 is 1.37 bits per heavy atom. The van der Waals surface area contributed by atoms with Crippen LogP contribution in [-0.4, -0.2) is 29.9 Å². The molecule has 2 aliphatic rings. The minimum atomic E-state index is 0.277. The summed E-state index contributed by atoms with van der Waals surface area (Å²) >= 11 is 0. The second kappa shape index (κ2) is 5.33. The van der Waals surface area contributed by atoms with Gasteiger partial charge in [-0.15, -0.1) is 0 Å². The number of rotatable bonds is 4. The fourth-order valence-electron chi connectivity index (χ4n) is 2.93. The lowest BCUT2D eigenvalue weighted by atomic mass is 10.2. The molecule has 1 saturated heterocycles. The van der Waals surface area contributed by atoms with E-state index in [4.69, 9.17) is 0 Å². The quantitative estimate of drug-likeness (QED) is 0.896. The predicted octanol–water partition coefficient (Wildman–Crippen LogP) is 2.03. The normalized spacial score (nSPS) is 30.3. The molecule has 3 nitrogen and oxygen atoms in total. The Bertz CT molecular complexity index is 445. The van der Waals surface area contributed by atoms with Crippen LogP contribution in [0.4, 0.5) is 0 Å². The third-order valence-electron chi connectivity index (χ3n) is 4.31. The number of hydrogen-bond donors (Lipinski definition) is 1. The van der Waals surface area contributed by atoms with Crippen molar-refractivity contribution in [2.24, 2.45) is 11.8 Å². The van der Waals surface area contributed by atoms with Crippen LogP contribution in [-0.2, 0) is 11.3 Å². The molecule has 1 aromatic carbocycles. The third kappa shape index (κ3) is 3.16. The second-order valence-electron chi connectivity index (χ2n) is 6.03. The molecule has 1 amide bonds. The van der Waals surface area contributed by atoms with Crippen LogP contribution < -0.4 is 5.32 Å². The molecule has 1 saturated carbocycles. The molecule has 0 bridgehead atoms. The summed E-state index contributed by atoms with van der Waals surface area (Å²) < 4.78 is 0. The fraction of sp³-hybridized carbons (Fsp3) is 0.562. The van der Waals surface area contributed by atoms with E-state index in [1.165, 1.54) is 5.56 Å². The molecule has 1 aromatic rings. The summed E-state index contributed by atoms with van der Waals surface area (Å²) in [6.45, 7) is 5.22. The molecule has 3 rings (SSSR count). The average Bonchev–Trinajstić information content (AvgIpc) is 2.99. The van der Waals surface area contributed by atoms with Gasteiger partial charge in [-0.1, -0.05) is 37.3 Å². The lowest BCUT2D eigenvalue weighted by Crippen LogP contribution is -2.38. The van der Waals surface area contributed by atoms with E-state index >= 15 is 0 Å². The van der Waals surface area contributed by atoms with Gasteiger partial charge in [0.1, 0.15) is 0 Å². The van der Waals surface area contributed by atoms with Gasteiger partial charge < -0.3 is 5.32 Å². The van der Waals surface area contributed by atoms with E-state index in [0.29, 0.717) is 17.9 Å². The Hall–Kier alpha value is -1.35. The number of benzene rings is 1. The van der Waals surface area contributed by atoms with Gasteiger partial charge in [-0.2, -0.15) is 0 Å². The molecule has 2 fully saturated rings. The van der Waals surface area contributed by atoms with E-state index in [1.54, 1.807) is 0 Å². The molecule has 102 valence electrons. The van der Waals surface area contributed by atoms with E-state index in [9.17, 15) is 4.79 Å². The highest BCUT2D eigenvalue weighted by Crippen LogP contribution is 2.37. The average molecular weight is 258 g/mol. The molecular formula is C16H22N2O. The summed E-state index contributed by atoms with van der Waals surface area (Å²) in [6.07, 6.45) is 2.16. The summed E-state index contributed by atoms with van der Waals surface area (Å²) in [5.74, 6) is 1.17. The molecule has 0 spiro atoms. The zero-order valence-corrected chi connectivity index (χ0v) is 11.5. The second-order valence-corrected chi connectivity index (χ2v) is 6.03. The van der Waals surface area contributed by atoms with Gasteiger partial charge in [0.2, 0.25) is 5.91 Å². The molecule has 1 heterocycles. The van der Waals surface area contributed by atoms with Crippen molar-refractivity contribution < 1.29 is 4.79 Å². The Morgan fingerprint density at radius 2 is 2.11 bits per heavy atom. The van der Waals surface area contributed by atoms with E-state index in [0.717, 1.165) is 32.5 Å². The molecule has 3 heteroatoms. The maximum Gasteiger partial charge on any atom is 0.223 e. The zero-order chi connectivity index (χ0) is 13.2. The third-order valence-corrected chi connectivity index (χ3v) is 4.31. The molecule has 0 aromatic heterocycles. The van der Waals surface area contributed by atoms with Gasteiger partial charge in [-0.05, 0) is 24.3 Å². The van der Waals surface area contributed by atoms with Crippen LogP contribution in [0.15, 0.2) is 30.3 Å². The van der Waals surface area contributed by atoms with Crippen molar-refractivity contribution in [3.05, 3.63) is 35.9 Å². The van der Waals surface area contributed by atoms with Crippen LogP contribution in [0.1, 0.15) is 25.3 Å². The lowest BCUT2D eigenvalue weighted by Gasteiger charge is -2.16. The van der Waals surface area contributed by atoms with Crippen LogP contribution in [0.2, 0.25) is 0 Å². The number of carbonyl (C=O) groups excluding carboxylic acids is 1. The molecule has 19 heavy (non-hydrogen) atoms. The van der Waals surface area contributed by atoms with Gasteiger partial charge in [-0.3, -0.25) is 9.69 Å². The Morgan fingerprint density at radius 3 is 2.79 bits per heavy atom. The highest BCUT2D eigenvalue weighted by Gasteiger charge is 2.40. The van der Waals surface area contributed by atoms with Gasteiger partial charge in [0, 0.05) is 31.6 Å². The fourth-order valence-corrected chi connectivity index (χ4v) is 2.93. The van der Waals surface area contributed by atoms with Crippen molar-refractivity contribution in [2.45, 2.75) is 32.4 Å². The van der Waals surface area contributed by atoms with Crippen molar-refractivity contribution in [3.8, 4) is 0 Å². The Balaban J connectivity index is 1.46. The zero-order valence-electron chi connectivity index (χ0n) is 11.5. The summed E-state index contributed by atoms with van der Waals surface area (Å²) in [5, 5.41) is 3.21. The highest BCUT2D eigenvalue weighted by molar-refractivity contribution is 5.81. The van der Waals surface area contributed by atoms with Gasteiger partial charge in [0.05, 0.1) is 0 Å². The van der Waals surface area contributed by atoms with Crippen molar-refractivity contribution in [1.29, 1.82) is 0 Å². The Kier molecular flexibility index (Phi) is 3.56. The first-order valence-electron chi connectivity index (χ1n) is 7.29. The minimum absolute atomic E-state index is 0.277. The lowest BCUT2D eigenvalue weighted by molar-refractivity contribution is -0.123. The smallest absolute Gasteiger partial charge is 0.223 e. The number of likely N-dealkylation sites (tertiary alicyclic amines) is 1. The topological polar surface area (TPSA) is 32.3 Å². The van der Waals surface area contributed by atoms with E-state index in [-0.39, 0.29) is 5.91 Å². The largest absolute Gasteiger partial charge is 0.352 e. The highest BCUT2D eigenvalue weighted by atomic mass is 16.2. The predicted molar refractivity (Wildman–Crippen MR) is 75.5 cm³/mol. The van der Waals surface area contributed by atoms with Crippen LogP contribution in [0.3, 0.4) is 0 Å². The first kappa shape index (κ1) is 12.7. The van der Waals surface area contributed by atoms with Crippen LogP contribution in [0, 0.1) is 11.8 Å². The van der Waals surface area contributed by atoms with E-state index < -0.39 is 0 Å². The number of nitrogens with zero attached hydrogens (tertiary/aromatic N) is 1. The first-order chi connectivity index (χ1) is 9.22. The molecule has 1 aliphatic carbocycles. The van der Waals surface area contributed by atoms with Crippen LogP contribution in [0.25, 0.3) is 0 Å². The maximum absolute atomic E-state index is 11.9. The number of amides is 1. The molecule has 3 unspecified atom stereocenters. The Labute approximate surface area is 115 Å². The van der Waals surface area contributed by atoms with Crippen LogP contribution >= 0.6 is 0 Å². The monoisotopic (exact) mass is 258 g/mol. The van der Waals surface area contributed by atoms with E-state index in [1.807, 2.05) is 6.07 Å². The van der Waals surface area contributed by atoms with Crippen molar-refractivity contribution in [1.82, 2.24) is 10.2 Å². The minimum Gasteiger partial charge on any atom is -0.352 e. The molecule has 1 aliphatic heterocycles. The summed E-state index contributed by atoms with van der Waals surface area (Å²) in [4.78, 5) is 14.3. The number of carbonyl (C=O) groups is 1. The molecular weight excluding hydrogens is 236 g/mol. The standard InChI is InChI=1S/C16H22N2O/c1-12-9-15(12)16(19)17-14-7-8-18(11-14)10-13-5-3-2-4-6-13/h2-6,12,14-15H,7-11H2,1H3,(H,17,19). The van der Waals surface area contributed by atoms with Crippen molar-refractivity contribution >= 4 is 5.91 Å². The molecule has 1 N–H and O–H groups in total. The SMILES string of the molecule is CC1CC1C(=O)NC1CCN(Cc2ccccc2)C1. The van der Waals surface area contributed by atoms with Gasteiger partial charge in [0.25, 0.3) is 0 Å². The number of hydrogen-bond acceptors (Lipinski definition) is 2. The maximum atomic E-state index is 11.9. The van der Waals surface area contributed by atoms with Gasteiger partial charge in [-0.25, -0.2) is 0 Å². The number of nitrogens with one attached hydrogen (secondary N) is 1. The summed E-state index contributed by atoms with van der Waals surface area (Å²) in [6, 6.07) is 10.9. The van der Waals surface area contributed by atoms with E-state index in [2.05, 4.69) is 41.4 Å². The van der Waals surface area contributed by atoms with Crippen molar-refractivity contribution in [2.75, 3.05) is 13.1 Å². The van der Waals surface area contributed by atoms with Crippen LogP contribution in [0.5, 0.6) is 0 Å². The van der Waals surface area contributed by atoms with Gasteiger partial charge >= 0.3 is 0 Å². The summed E-state index contributed by atoms with van der Waals surface area (Å²) in [5.41, 5.74) is 1.35. The first-order valence-corrected chi connectivity index (χ1v) is 7.29. The van der Waals surface area contributed by atoms with Crippen molar-refractivity contribution in [3.63, 3.8) is 0 Å². The van der Waals surface area contributed by atoms with Gasteiger partial charge in [0.15, 0.2) is 0 Å². The molecule has 0 radical (unpaired) electrons. The summed E-state index contributed by atoms with van der Waals surface area (Å²) in [7, 11) is 0.